The Morgan fingerprint density at radius 3 is 2.16 bits per heavy atom. The molecule has 3 rings (SSSR count). The molecule has 7 nitrogen and oxygen atoms in total. The number of likely N-dealkylation sites (N-methyl/N-ethyl adjacent to an activating group) is 1. The van der Waals surface area contributed by atoms with Crippen molar-refractivity contribution in [3.05, 3.63) is 39.9 Å². The van der Waals surface area contributed by atoms with Crippen molar-refractivity contribution in [2.45, 2.75) is 50.5 Å². The second kappa shape index (κ2) is 8.65. The Hall–Kier alpha value is -2.35. The van der Waals surface area contributed by atoms with Crippen LogP contribution in [0.15, 0.2) is 18.2 Å². The van der Waals surface area contributed by atoms with E-state index in [-0.39, 0.29) is 17.0 Å². The maximum atomic E-state index is 10.5. The largest absolute Gasteiger partial charge is 0.504 e. The molecule has 0 unspecified atom stereocenters. The highest BCUT2D eigenvalue weighted by Gasteiger charge is 2.38. The molecule has 0 fully saturated rings. The number of nitrogens with two attached hydrogens (primary N) is 1. The number of halogens is 1. The van der Waals surface area contributed by atoms with Gasteiger partial charge >= 0.3 is 0 Å². The molecule has 0 aliphatic heterocycles. The van der Waals surface area contributed by atoms with E-state index >= 15 is 0 Å². The zero-order valence-corrected chi connectivity index (χ0v) is 18.8. The fourth-order valence-corrected chi connectivity index (χ4v) is 4.73. The molecule has 31 heavy (non-hydrogen) atoms. The average Bonchev–Trinajstić information content (AvgIpc) is 3.07. The van der Waals surface area contributed by atoms with Gasteiger partial charge in [0.2, 0.25) is 17.2 Å². The third-order valence-electron chi connectivity index (χ3n) is 6.74. The summed E-state index contributed by atoms with van der Waals surface area (Å²) in [6, 6.07) is 5.48. The van der Waals surface area contributed by atoms with Gasteiger partial charge in [-0.2, -0.15) is 0 Å². The molecular formula is C23H31ClN2O5. The van der Waals surface area contributed by atoms with Gasteiger partial charge in [0.05, 0.1) is 5.56 Å². The Labute approximate surface area is 187 Å². The molecule has 170 valence electrons. The van der Waals surface area contributed by atoms with Crippen molar-refractivity contribution in [3.63, 3.8) is 0 Å². The molecular weight excluding hydrogens is 420 g/mol. The van der Waals surface area contributed by atoms with Crippen molar-refractivity contribution in [1.82, 2.24) is 4.90 Å². The van der Waals surface area contributed by atoms with Crippen LogP contribution in [0.5, 0.6) is 28.7 Å². The number of phenolic OH excluding ortho intramolecular Hbond substituents is 5. The van der Waals surface area contributed by atoms with Crippen LogP contribution in [0, 0.1) is 0 Å². The lowest BCUT2D eigenvalue weighted by molar-refractivity contribution is 0.144. The van der Waals surface area contributed by atoms with Crippen molar-refractivity contribution < 1.29 is 25.5 Å². The van der Waals surface area contributed by atoms with Crippen molar-refractivity contribution >= 4 is 11.6 Å². The number of nitrogens with zero attached hydrogens (tertiary/aromatic N) is 1. The van der Waals surface area contributed by atoms with E-state index in [4.69, 9.17) is 17.3 Å². The summed E-state index contributed by atoms with van der Waals surface area (Å²) in [5.41, 5.74) is 7.51. The van der Waals surface area contributed by atoms with Gasteiger partial charge in [-0.3, -0.25) is 4.90 Å². The molecule has 1 aliphatic rings. The highest BCUT2D eigenvalue weighted by molar-refractivity contribution is 6.30. The fraction of sp³-hybridized carbons (Fsp3) is 0.478. The maximum Gasteiger partial charge on any atom is 0.208 e. The summed E-state index contributed by atoms with van der Waals surface area (Å²) >= 11 is 6.26. The Balaban J connectivity index is 1.97. The van der Waals surface area contributed by atoms with Crippen molar-refractivity contribution in [2.75, 3.05) is 20.1 Å². The Bertz CT molecular complexity index is 950. The van der Waals surface area contributed by atoms with Crippen LogP contribution >= 0.6 is 11.6 Å². The second-order valence-electron chi connectivity index (χ2n) is 8.98. The van der Waals surface area contributed by atoms with Gasteiger partial charge in [0.15, 0.2) is 11.5 Å². The second-order valence-corrected chi connectivity index (χ2v) is 9.41. The molecule has 0 saturated carbocycles. The van der Waals surface area contributed by atoms with Crippen LogP contribution in [0.4, 0.5) is 0 Å². The highest BCUT2D eigenvalue weighted by Crippen LogP contribution is 2.58. The summed E-state index contributed by atoms with van der Waals surface area (Å²) < 4.78 is 0. The predicted molar refractivity (Wildman–Crippen MR) is 120 cm³/mol. The molecule has 0 spiro atoms. The molecule has 0 heterocycles. The van der Waals surface area contributed by atoms with E-state index in [1.54, 1.807) is 6.07 Å². The van der Waals surface area contributed by atoms with Gasteiger partial charge in [-0.15, -0.1) is 0 Å². The Morgan fingerprint density at radius 2 is 1.58 bits per heavy atom. The number of hydrogen-bond donors (Lipinski definition) is 6. The number of phenols is 5. The smallest absolute Gasteiger partial charge is 0.208 e. The minimum absolute atomic E-state index is 0.00150. The average molecular weight is 451 g/mol. The number of benzene rings is 2. The van der Waals surface area contributed by atoms with Gasteiger partial charge in [-0.1, -0.05) is 17.7 Å². The minimum Gasteiger partial charge on any atom is -0.504 e. The molecule has 0 saturated heterocycles. The van der Waals surface area contributed by atoms with Crippen molar-refractivity contribution in [1.29, 1.82) is 0 Å². The summed E-state index contributed by atoms with van der Waals surface area (Å²) in [4.78, 5) is 2.23. The molecule has 0 amide bonds. The standard InChI is InChI=1S/C23H31ClN2O5/c1-23(2,26(3)9-8-25)7-6-12-10-16(14-5-4-13(24)11-15(12)14)17-18(27)20(29)22(31)21(30)19(17)28/h4-5,11-12,16,27-31H,6-10,25H2,1-3H3/t12-,16-/m1/s1. The molecule has 2 atom stereocenters. The zero-order chi connectivity index (χ0) is 23.1. The Morgan fingerprint density at radius 1 is 1.00 bits per heavy atom. The molecule has 0 radical (unpaired) electrons. The van der Waals surface area contributed by atoms with E-state index in [9.17, 15) is 25.5 Å². The van der Waals surface area contributed by atoms with E-state index in [1.165, 1.54) is 0 Å². The number of aromatic hydroxyl groups is 5. The summed E-state index contributed by atoms with van der Waals surface area (Å²) in [5.74, 6) is -4.30. The van der Waals surface area contributed by atoms with Crippen LogP contribution in [-0.2, 0) is 0 Å². The third-order valence-corrected chi connectivity index (χ3v) is 6.98. The number of hydrogen-bond acceptors (Lipinski definition) is 7. The van der Waals surface area contributed by atoms with Crippen LogP contribution in [0.2, 0.25) is 5.02 Å². The summed E-state index contributed by atoms with van der Waals surface area (Å²) in [6.07, 6.45) is 2.28. The van der Waals surface area contributed by atoms with Gasteiger partial charge in [0.25, 0.3) is 0 Å². The first-order valence-electron chi connectivity index (χ1n) is 10.4. The van der Waals surface area contributed by atoms with Crippen LogP contribution < -0.4 is 5.73 Å². The Kier molecular flexibility index (Phi) is 6.51. The lowest BCUT2D eigenvalue weighted by Crippen LogP contribution is -2.43. The van der Waals surface area contributed by atoms with Crippen LogP contribution in [0.1, 0.15) is 61.6 Å². The van der Waals surface area contributed by atoms with Crippen LogP contribution in [0.3, 0.4) is 0 Å². The fourth-order valence-electron chi connectivity index (χ4n) is 4.55. The molecule has 1 aliphatic carbocycles. The van der Waals surface area contributed by atoms with Crippen molar-refractivity contribution in [2.24, 2.45) is 5.73 Å². The van der Waals surface area contributed by atoms with E-state index in [1.807, 2.05) is 19.2 Å². The highest BCUT2D eigenvalue weighted by atomic mass is 35.5. The maximum absolute atomic E-state index is 10.5. The van der Waals surface area contributed by atoms with Crippen LogP contribution in [0.25, 0.3) is 0 Å². The number of fused-ring (bicyclic) bond motifs is 1. The van der Waals surface area contributed by atoms with Crippen LogP contribution in [-0.4, -0.2) is 56.1 Å². The predicted octanol–water partition coefficient (Wildman–Crippen LogP) is 3.94. The van der Waals surface area contributed by atoms with Crippen molar-refractivity contribution in [3.8, 4) is 28.7 Å². The molecule has 0 aromatic heterocycles. The first-order chi connectivity index (χ1) is 14.5. The van der Waals surface area contributed by atoms with E-state index in [2.05, 4.69) is 18.7 Å². The normalized spacial score (nSPS) is 18.5. The quantitative estimate of drug-likeness (QED) is 0.278. The molecule has 2 aromatic carbocycles. The third kappa shape index (κ3) is 4.22. The lowest BCUT2D eigenvalue weighted by atomic mass is 9.87. The van der Waals surface area contributed by atoms with Gasteiger partial charge < -0.3 is 31.3 Å². The molecule has 0 bridgehead atoms. The van der Waals surface area contributed by atoms with Gasteiger partial charge in [0.1, 0.15) is 0 Å². The monoisotopic (exact) mass is 450 g/mol. The van der Waals surface area contributed by atoms with Gasteiger partial charge in [-0.25, -0.2) is 0 Å². The van der Waals surface area contributed by atoms with E-state index < -0.39 is 34.7 Å². The first kappa shape index (κ1) is 23.3. The zero-order valence-electron chi connectivity index (χ0n) is 18.1. The van der Waals surface area contributed by atoms with Gasteiger partial charge in [-0.05, 0) is 69.3 Å². The molecule has 8 heteroatoms. The summed E-state index contributed by atoms with van der Waals surface area (Å²) in [7, 11) is 2.05. The summed E-state index contributed by atoms with van der Waals surface area (Å²) in [6.45, 7) is 5.70. The SMILES string of the molecule is CN(CCN)C(C)(C)CC[C@@H]1C[C@@H](c2c(O)c(O)c(O)c(O)c2O)c2ccc(Cl)cc21. The molecule has 7 N–H and O–H groups in total. The number of rotatable bonds is 7. The van der Waals surface area contributed by atoms with E-state index in [0.717, 1.165) is 30.5 Å². The topological polar surface area (TPSA) is 130 Å². The minimum atomic E-state index is -0.950. The van der Waals surface area contributed by atoms with E-state index in [0.29, 0.717) is 18.0 Å². The first-order valence-corrected chi connectivity index (χ1v) is 10.8. The molecule has 2 aromatic rings. The summed E-state index contributed by atoms with van der Waals surface area (Å²) in [5, 5.41) is 51.3. The van der Waals surface area contributed by atoms with Gasteiger partial charge in [0, 0.05) is 29.6 Å². The lowest BCUT2D eigenvalue weighted by Gasteiger charge is -2.36.